The van der Waals surface area contributed by atoms with Crippen molar-refractivity contribution in [2.75, 3.05) is 6.54 Å². The first-order valence-electron chi connectivity index (χ1n) is 5.52. The number of benzene rings is 1. The van der Waals surface area contributed by atoms with Gasteiger partial charge in [0.25, 0.3) is 0 Å². The van der Waals surface area contributed by atoms with Gasteiger partial charge in [0.1, 0.15) is 6.42 Å². The zero-order valence-corrected chi connectivity index (χ0v) is 9.63. The lowest BCUT2D eigenvalue weighted by Gasteiger charge is -2.23. The van der Waals surface area contributed by atoms with Gasteiger partial charge in [-0.3, -0.25) is 19.8 Å². The lowest BCUT2D eigenvalue weighted by atomic mass is 10.2. The minimum Gasteiger partial charge on any atom is -0.277 e. The first kappa shape index (κ1) is 12.0. The van der Waals surface area contributed by atoms with Crippen LogP contribution >= 0.6 is 0 Å². The van der Waals surface area contributed by atoms with Crippen LogP contribution in [-0.4, -0.2) is 29.3 Å². The quantitative estimate of drug-likeness (QED) is 0.811. The summed E-state index contributed by atoms with van der Waals surface area (Å²) in [4.78, 5) is 34.8. The van der Waals surface area contributed by atoms with Gasteiger partial charge in [-0.25, -0.2) is 4.79 Å². The van der Waals surface area contributed by atoms with E-state index in [0.717, 1.165) is 10.5 Å². The van der Waals surface area contributed by atoms with Gasteiger partial charge in [0.05, 0.1) is 0 Å². The summed E-state index contributed by atoms with van der Waals surface area (Å²) in [6.07, 6.45) is 3.25. The van der Waals surface area contributed by atoms with E-state index < -0.39 is 17.8 Å². The van der Waals surface area contributed by atoms with Crippen molar-refractivity contribution in [1.29, 1.82) is 0 Å². The molecule has 0 unspecified atom stereocenters. The highest BCUT2D eigenvalue weighted by atomic mass is 16.2. The van der Waals surface area contributed by atoms with Crippen LogP contribution in [0.5, 0.6) is 0 Å². The van der Waals surface area contributed by atoms with Gasteiger partial charge in [-0.1, -0.05) is 42.5 Å². The Bertz CT molecular complexity index is 488. The van der Waals surface area contributed by atoms with Crippen molar-refractivity contribution in [1.82, 2.24) is 10.2 Å². The lowest BCUT2D eigenvalue weighted by Crippen LogP contribution is -2.52. The summed E-state index contributed by atoms with van der Waals surface area (Å²) in [7, 11) is 0. The van der Waals surface area contributed by atoms with Crippen LogP contribution in [0.25, 0.3) is 6.08 Å². The Kier molecular flexibility index (Phi) is 3.52. The van der Waals surface area contributed by atoms with E-state index in [4.69, 9.17) is 0 Å². The van der Waals surface area contributed by atoms with Crippen LogP contribution in [0.2, 0.25) is 0 Å². The highest BCUT2D eigenvalue weighted by Crippen LogP contribution is 2.05. The average molecular weight is 244 g/mol. The van der Waals surface area contributed by atoms with Gasteiger partial charge in [0, 0.05) is 6.54 Å². The Morgan fingerprint density at radius 3 is 2.56 bits per heavy atom. The summed E-state index contributed by atoms with van der Waals surface area (Å²) in [5, 5.41) is 2.10. The maximum absolute atomic E-state index is 11.5. The maximum atomic E-state index is 11.5. The summed E-state index contributed by atoms with van der Waals surface area (Å²) < 4.78 is 0. The number of carbonyl (C=O) groups excluding carboxylic acids is 3. The molecule has 0 radical (unpaired) electrons. The van der Waals surface area contributed by atoms with Crippen molar-refractivity contribution in [3.63, 3.8) is 0 Å². The van der Waals surface area contributed by atoms with Gasteiger partial charge in [-0.2, -0.15) is 0 Å². The van der Waals surface area contributed by atoms with E-state index in [9.17, 15) is 14.4 Å². The highest BCUT2D eigenvalue weighted by molar-refractivity contribution is 6.14. The fourth-order valence-electron chi connectivity index (χ4n) is 1.62. The zero-order chi connectivity index (χ0) is 13.0. The van der Waals surface area contributed by atoms with E-state index in [1.165, 1.54) is 0 Å². The lowest BCUT2D eigenvalue weighted by molar-refractivity contribution is -0.135. The molecule has 1 aromatic carbocycles. The molecule has 92 valence electrons. The van der Waals surface area contributed by atoms with Gasteiger partial charge in [0.15, 0.2) is 0 Å². The molecule has 4 amide bonds. The summed E-state index contributed by atoms with van der Waals surface area (Å²) in [5.74, 6) is -1.02. The van der Waals surface area contributed by atoms with E-state index in [0.29, 0.717) is 0 Å². The molecular formula is C13H12N2O3. The fourth-order valence-corrected chi connectivity index (χ4v) is 1.62. The third kappa shape index (κ3) is 2.82. The SMILES string of the molecule is O=C1CC(=O)N(CC=Cc2ccccc2)C(=O)N1. The van der Waals surface area contributed by atoms with E-state index in [-0.39, 0.29) is 13.0 Å². The van der Waals surface area contributed by atoms with E-state index in [1.807, 2.05) is 36.4 Å². The molecule has 2 rings (SSSR count). The minimum absolute atomic E-state index is 0.160. The second-order valence-electron chi connectivity index (χ2n) is 3.85. The summed E-state index contributed by atoms with van der Waals surface area (Å²) in [6.45, 7) is 0.160. The monoisotopic (exact) mass is 244 g/mol. The molecule has 18 heavy (non-hydrogen) atoms. The number of amides is 4. The van der Waals surface area contributed by atoms with Crippen molar-refractivity contribution in [2.24, 2.45) is 0 Å². The highest BCUT2D eigenvalue weighted by Gasteiger charge is 2.29. The molecule has 0 bridgehead atoms. The number of rotatable bonds is 3. The Balaban J connectivity index is 1.98. The number of carbonyl (C=O) groups is 3. The molecule has 0 aliphatic carbocycles. The number of urea groups is 1. The molecule has 1 saturated heterocycles. The van der Waals surface area contributed by atoms with Gasteiger partial charge in [-0.05, 0) is 5.56 Å². The second-order valence-corrected chi connectivity index (χ2v) is 3.85. The van der Waals surface area contributed by atoms with Gasteiger partial charge in [-0.15, -0.1) is 0 Å². The van der Waals surface area contributed by atoms with Crippen molar-refractivity contribution in [2.45, 2.75) is 6.42 Å². The van der Waals surface area contributed by atoms with Crippen LogP contribution in [-0.2, 0) is 9.59 Å². The Labute approximate surface area is 104 Å². The van der Waals surface area contributed by atoms with Crippen molar-refractivity contribution < 1.29 is 14.4 Å². The van der Waals surface area contributed by atoms with Gasteiger partial charge < -0.3 is 0 Å². The number of nitrogens with zero attached hydrogens (tertiary/aromatic N) is 1. The zero-order valence-electron chi connectivity index (χ0n) is 9.63. The first-order chi connectivity index (χ1) is 8.66. The molecule has 1 aromatic rings. The standard InChI is InChI=1S/C13H12N2O3/c16-11-9-12(17)15(13(18)14-11)8-4-7-10-5-2-1-3-6-10/h1-7H,8-9H2,(H,14,16,18). The van der Waals surface area contributed by atoms with Crippen LogP contribution in [0, 0.1) is 0 Å². The third-order valence-electron chi connectivity index (χ3n) is 2.50. The summed E-state index contributed by atoms with van der Waals surface area (Å²) >= 11 is 0. The minimum atomic E-state index is -0.658. The molecule has 0 aromatic heterocycles. The van der Waals surface area contributed by atoms with E-state index in [1.54, 1.807) is 6.08 Å². The number of hydrogen-bond donors (Lipinski definition) is 1. The van der Waals surface area contributed by atoms with Gasteiger partial charge in [0.2, 0.25) is 11.8 Å². The fraction of sp³-hybridized carbons (Fsp3) is 0.154. The molecule has 0 spiro atoms. The predicted molar refractivity (Wildman–Crippen MR) is 65.3 cm³/mol. The Morgan fingerprint density at radius 2 is 1.89 bits per heavy atom. The third-order valence-corrected chi connectivity index (χ3v) is 2.50. The molecule has 5 heteroatoms. The van der Waals surface area contributed by atoms with Crippen LogP contribution in [0.15, 0.2) is 36.4 Å². The topological polar surface area (TPSA) is 66.5 Å². The number of barbiturate groups is 1. The van der Waals surface area contributed by atoms with E-state index in [2.05, 4.69) is 5.32 Å². The smallest absolute Gasteiger partial charge is 0.277 e. The van der Waals surface area contributed by atoms with E-state index >= 15 is 0 Å². The van der Waals surface area contributed by atoms with Crippen molar-refractivity contribution >= 4 is 23.9 Å². The predicted octanol–water partition coefficient (Wildman–Crippen LogP) is 1.17. The summed E-state index contributed by atoms with van der Waals surface area (Å²) in [5.41, 5.74) is 0.985. The number of hydrogen-bond acceptors (Lipinski definition) is 3. The Hall–Kier alpha value is -2.43. The first-order valence-corrected chi connectivity index (χ1v) is 5.52. The van der Waals surface area contributed by atoms with Crippen LogP contribution < -0.4 is 5.32 Å². The van der Waals surface area contributed by atoms with Crippen LogP contribution in [0.1, 0.15) is 12.0 Å². The van der Waals surface area contributed by atoms with Gasteiger partial charge >= 0.3 is 6.03 Å². The largest absolute Gasteiger partial charge is 0.331 e. The number of nitrogens with one attached hydrogen (secondary N) is 1. The Morgan fingerprint density at radius 1 is 1.17 bits per heavy atom. The number of imide groups is 2. The molecule has 1 aliphatic heterocycles. The van der Waals surface area contributed by atoms with Crippen molar-refractivity contribution in [3.8, 4) is 0 Å². The molecule has 1 N–H and O–H groups in total. The summed E-state index contributed by atoms with van der Waals surface area (Å²) in [6, 6.07) is 8.88. The average Bonchev–Trinajstić information content (AvgIpc) is 2.34. The normalized spacial score (nSPS) is 16.2. The molecule has 5 nitrogen and oxygen atoms in total. The van der Waals surface area contributed by atoms with Crippen LogP contribution in [0.3, 0.4) is 0 Å². The van der Waals surface area contributed by atoms with Crippen molar-refractivity contribution in [3.05, 3.63) is 42.0 Å². The maximum Gasteiger partial charge on any atom is 0.331 e. The molecule has 1 fully saturated rings. The molecule has 0 saturated carbocycles. The van der Waals surface area contributed by atoms with Crippen LogP contribution in [0.4, 0.5) is 4.79 Å². The second kappa shape index (κ2) is 5.27. The molecule has 0 atom stereocenters. The molecule has 1 heterocycles. The molecule has 1 aliphatic rings. The molecular weight excluding hydrogens is 232 g/mol.